The number of amides is 2. The first-order valence-electron chi connectivity index (χ1n) is 12.3. The molecule has 2 aromatic carbocycles. The van der Waals surface area contributed by atoms with Gasteiger partial charge in [0, 0.05) is 41.8 Å². The molecule has 1 aliphatic rings. The van der Waals surface area contributed by atoms with Crippen LogP contribution in [0.3, 0.4) is 0 Å². The van der Waals surface area contributed by atoms with Crippen molar-refractivity contribution >= 4 is 11.8 Å². The summed E-state index contributed by atoms with van der Waals surface area (Å²) in [5.74, 6) is 0.924. The average Bonchev–Trinajstić information content (AvgIpc) is 3.42. The minimum Gasteiger partial charge on any atom is -0.439 e. The van der Waals surface area contributed by atoms with E-state index in [0.29, 0.717) is 41.7 Å². The highest BCUT2D eigenvalue weighted by Crippen LogP contribution is 2.32. The Balaban J connectivity index is 1.41. The van der Waals surface area contributed by atoms with Crippen LogP contribution in [0.2, 0.25) is 0 Å². The molecule has 1 aliphatic heterocycles. The predicted molar refractivity (Wildman–Crippen MR) is 137 cm³/mol. The van der Waals surface area contributed by atoms with Gasteiger partial charge in [-0.05, 0) is 68.1 Å². The monoisotopic (exact) mass is 496 g/mol. The molecule has 1 saturated heterocycles. The van der Waals surface area contributed by atoms with Gasteiger partial charge in [-0.25, -0.2) is 4.98 Å². The second-order valence-corrected chi connectivity index (χ2v) is 9.07. The van der Waals surface area contributed by atoms with Crippen molar-refractivity contribution in [1.29, 1.82) is 0 Å². The maximum atomic E-state index is 13.9. The van der Waals surface area contributed by atoms with Crippen molar-refractivity contribution in [3.63, 3.8) is 0 Å². The molecule has 2 aromatic heterocycles. The second kappa shape index (κ2) is 10.6. The van der Waals surface area contributed by atoms with Crippen molar-refractivity contribution in [1.82, 2.24) is 24.6 Å². The highest BCUT2D eigenvalue weighted by Gasteiger charge is 2.32. The van der Waals surface area contributed by atoms with Gasteiger partial charge in [-0.1, -0.05) is 18.2 Å². The number of carbonyl (C=O) groups is 2. The molecule has 0 aliphatic carbocycles. The lowest BCUT2D eigenvalue weighted by Crippen LogP contribution is -2.39. The first-order chi connectivity index (χ1) is 18.0. The number of aryl methyl sites for hydroxylation is 1. The number of likely N-dealkylation sites (tertiary alicyclic amines) is 1. The Labute approximate surface area is 214 Å². The van der Waals surface area contributed by atoms with Crippen LogP contribution in [0.4, 0.5) is 0 Å². The van der Waals surface area contributed by atoms with E-state index in [9.17, 15) is 9.59 Å². The predicted octanol–water partition coefficient (Wildman–Crippen LogP) is 4.29. The molecule has 1 atom stereocenters. The van der Waals surface area contributed by atoms with E-state index in [4.69, 9.17) is 10.5 Å². The third kappa shape index (κ3) is 5.50. The van der Waals surface area contributed by atoms with E-state index in [1.165, 1.54) is 0 Å². The number of carbonyl (C=O) groups excluding carboxylic acids is 2. The molecule has 37 heavy (non-hydrogen) atoms. The number of nitrogens with zero attached hydrogens (tertiary/aromatic N) is 5. The molecule has 2 N–H and O–H groups in total. The van der Waals surface area contributed by atoms with Gasteiger partial charge in [0.25, 0.3) is 5.91 Å². The van der Waals surface area contributed by atoms with E-state index in [0.717, 1.165) is 30.5 Å². The molecular weight excluding hydrogens is 468 g/mol. The highest BCUT2D eigenvalue weighted by molar-refractivity contribution is 5.96. The number of nitrogens with two attached hydrogens (primary N) is 1. The molecule has 1 unspecified atom stereocenters. The molecular formula is C28H28N6O3. The zero-order valence-electron chi connectivity index (χ0n) is 20.6. The average molecular weight is 497 g/mol. The number of benzene rings is 2. The Morgan fingerprint density at radius 3 is 2.62 bits per heavy atom. The maximum absolute atomic E-state index is 13.9. The minimum absolute atomic E-state index is 0.0397. The second-order valence-electron chi connectivity index (χ2n) is 9.07. The van der Waals surface area contributed by atoms with Crippen LogP contribution in [0.25, 0.3) is 0 Å². The van der Waals surface area contributed by atoms with Gasteiger partial charge < -0.3 is 15.4 Å². The molecule has 0 saturated carbocycles. The van der Waals surface area contributed by atoms with E-state index >= 15 is 0 Å². The summed E-state index contributed by atoms with van der Waals surface area (Å²) in [5.41, 5.74) is 8.03. The lowest BCUT2D eigenvalue weighted by atomic mass is 9.98. The normalized spacial score (nSPS) is 15.4. The van der Waals surface area contributed by atoms with Crippen LogP contribution in [0.1, 0.15) is 63.1 Å². The molecule has 1 fully saturated rings. The first kappa shape index (κ1) is 24.2. The number of ether oxygens (including phenoxy) is 1. The smallest absolute Gasteiger partial charge is 0.254 e. The summed E-state index contributed by atoms with van der Waals surface area (Å²) in [6.45, 7) is 3.02. The van der Waals surface area contributed by atoms with E-state index in [2.05, 4.69) is 15.1 Å². The van der Waals surface area contributed by atoms with Crippen molar-refractivity contribution in [3.05, 3.63) is 101 Å². The molecule has 188 valence electrons. The van der Waals surface area contributed by atoms with Crippen LogP contribution in [0, 0.1) is 6.92 Å². The summed E-state index contributed by atoms with van der Waals surface area (Å²) < 4.78 is 7.78. The number of hydrogen-bond acceptors (Lipinski definition) is 6. The topological polar surface area (TPSA) is 116 Å². The van der Waals surface area contributed by atoms with Crippen LogP contribution in [-0.4, -0.2) is 43.0 Å². The number of hydrogen-bond donors (Lipinski definition) is 1. The summed E-state index contributed by atoms with van der Waals surface area (Å²) >= 11 is 0. The third-order valence-electron chi connectivity index (χ3n) is 6.41. The van der Waals surface area contributed by atoms with Crippen LogP contribution in [0.15, 0.2) is 73.1 Å². The van der Waals surface area contributed by atoms with Crippen LogP contribution < -0.4 is 10.5 Å². The standard InChI is InChI=1S/C28H28N6O3/c1-19-17-25(37-22-12-10-20(11-13-22)26(29)35)32-27(31-19)24-9-4-5-16-34(24)28(36)23-8-3-2-7-21(23)18-33-15-6-14-30-33/h2-3,6-8,10-15,17,24H,4-5,9,16,18H2,1H3,(H2,29,35). The molecule has 0 spiro atoms. The first-order valence-corrected chi connectivity index (χ1v) is 12.3. The molecule has 0 bridgehead atoms. The quantitative estimate of drug-likeness (QED) is 0.408. The number of primary amides is 1. The molecule has 9 heteroatoms. The Bertz CT molecular complexity index is 1400. The van der Waals surface area contributed by atoms with Crippen molar-refractivity contribution < 1.29 is 14.3 Å². The van der Waals surface area contributed by atoms with Crippen molar-refractivity contribution in [2.75, 3.05) is 6.54 Å². The van der Waals surface area contributed by atoms with Gasteiger partial charge in [-0.3, -0.25) is 14.3 Å². The molecule has 5 rings (SSSR count). The molecule has 4 aromatic rings. The Morgan fingerprint density at radius 1 is 1.05 bits per heavy atom. The van der Waals surface area contributed by atoms with Crippen molar-refractivity contribution in [2.24, 2.45) is 5.73 Å². The number of piperidine rings is 1. The van der Waals surface area contributed by atoms with Gasteiger partial charge in [0.05, 0.1) is 12.6 Å². The van der Waals surface area contributed by atoms with Gasteiger partial charge in [-0.15, -0.1) is 0 Å². The maximum Gasteiger partial charge on any atom is 0.254 e. The summed E-state index contributed by atoms with van der Waals surface area (Å²) in [6.07, 6.45) is 6.28. The fourth-order valence-corrected chi connectivity index (χ4v) is 4.60. The fraction of sp³-hybridized carbons (Fsp3) is 0.250. The summed E-state index contributed by atoms with van der Waals surface area (Å²) in [7, 11) is 0. The van der Waals surface area contributed by atoms with E-state index < -0.39 is 5.91 Å². The van der Waals surface area contributed by atoms with Gasteiger partial charge in [-0.2, -0.15) is 10.1 Å². The molecule has 9 nitrogen and oxygen atoms in total. The Morgan fingerprint density at radius 2 is 1.86 bits per heavy atom. The highest BCUT2D eigenvalue weighted by atomic mass is 16.5. The van der Waals surface area contributed by atoms with Crippen LogP contribution in [-0.2, 0) is 6.54 Å². The molecule has 2 amide bonds. The zero-order chi connectivity index (χ0) is 25.8. The Kier molecular flexibility index (Phi) is 6.93. The van der Waals surface area contributed by atoms with Crippen LogP contribution in [0.5, 0.6) is 11.6 Å². The van der Waals surface area contributed by atoms with E-state index in [1.54, 1.807) is 36.5 Å². The number of aromatic nitrogens is 4. The van der Waals surface area contributed by atoms with Gasteiger partial charge in [0.1, 0.15) is 5.75 Å². The number of rotatable bonds is 7. The van der Waals surface area contributed by atoms with Gasteiger partial charge in [0.2, 0.25) is 11.8 Å². The van der Waals surface area contributed by atoms with E-state index in [1.807, 2.05) is 53.0 Å². The lowest BCUT2D eigenvalue weighted by molar-refractivity contribution is 0.0597. The molecule has 3 heterocycles. The summed E-state index contributed by atoms with van der Waals surface area (Å²) in [5, 5.41) is 4.29. The van der Waals surface area contributed by atoms with Crippen LogP contribution >= 0.6 is 0 Å². The van der Waals surface area contributed by atoms with Crippen molar-refractivity contribution in [3.8, 4) is 11.6 Å². The summed E-state index contributed by atoms with van der Waals surface area (Å²) in [4.78, 5) is 36.5. The third-order valence-corrected chi connectivity index (χ3v) is 6.41. The minimum atomic E-state index is -0.500. The molecule has 0 radical (unpaired) electrons. The summed E-state index contributed by atoms with van der Waals surface area (Å²) in [6, 6.07) is 17.6. The zero-order valence-corrected chi connectivity index (χ0v) is 20.6. The van der Waals surface area contributed by atoms with E-state index in [-0.39, 0.29) is 11.9 Å². The fourth-order valence-electron chi connectivity index (χ4n) is 4.60. The lowest BCUT2D eigenvalue weighted by Gasteiger charge is -2.35. The SMILES string of the molecule is Cc1cc(Oc2ccc(C(N)=O)cc2)nc(C2CCCCN2C(=O)c2ccccc2Cn2cccn2)n1. The van der Waals surface area contributed by atoms with Gasteiger partial charge >= 0.3 is 0 Å². The van der Waals surface area contributed by atoms with Gasteiger partial charge in [0.15, 0.2) is 5.82 Å². The largest absolute Gasteiger partial charge is 0.439 e. The Hall–Kier alpha value is -4.53. The van der Waals surface area contributed by atoms with Crippen molar-refractivity contribution in [2.45, 2.75) is 38.8 Å².